The molecule has 2 aliphatic rings. The van der Waals surface area contributed by atoms with E-state index in [1.165, 1.54) is 5.56 Å². The maximum atomic E-state index is 12.7. The number of aryl methyl sites for hydroxylation is 1. The number of para-hydroxylation sites is 1. The molecule has 3 amide bonds. The normalized spacial score (nSPS) is 20.0. The Morgan fingerprint density at radius 2 is 2.00 bits per heavy atom. The number of anilines is 1. The van der Waals surface area contributed by atoms with Crippen LogP contribution >= 0.6 is 11.6 Å². The van der Waals surface area contributed by atoms with Crippen LogP contribution in [-0.2, 0) is 16.0 Å². The number of benzene rings is 2. The van der Waals surface area contributed by atoms with Crippen LogP contribution in [0.25, 0.3) is 10.9 Å². The third kappa shape index (κ3) is 3.84. The van der Waals surface area contributed by atoms with E-state index in [0.717, 1.165) is 35.9 Å². The van der Waals surface area contributed by atoms with Gasteiger partial charge >= 0.3 is 0 Å². The van der Waals surface area contributed by atoms with E-state index >= 15 is 0 Å². The molecular formula is C24H23ClN4O3. The summed E-state index contributed by atoms with van der Waals surface area (Å²) in [7, 11) is 0. The first kappa shape index (κ1) is 20.6. The van der Waals surface area contributed by atoms with Crippen LogP contribution in [0.4, 0.5) is 5.69 Å². The van der Waals surface area contributed by atoms with Crippen LogP contribution in [0.1, 0.15) is 53.3 Å². The number of aromatic nitrogens is 1. The minimum Gasteiger partial charge on any atom is -0.356 e. The third-order valence-corrected chi connectivity index (χ3v) is 6.45. The SMILES string of the molecule is O=C(CCC1NC(=O)c2ccccc2NC1=O)NC1CCCc2c1[nH]c1ccc(Cl)cc21. The van der Waals surface area contributed by atoms with Crippen LogP contribution in [-0.4, -0.2) is 28.7 Å². The first-order valence-corrected chi connectivity index (χ1v) is 11.2. The molecule has 1 aromatic heterocycles. The lowest BCUT2D eigenvalue weighted by atomic mass is 9.91. The van der Waals surface area contributed by atoms with Crippen molar-refractivity contribution in [2.45, 2.75) is 44.2 Å². The molecule has 1 aliphatic heterocycles. The molecule has 7 nitrogen and oxygen atoms in total. The van der Waals surface area contributed by atoms with E-state index in [1.807, 2.05) is 18.2 Å². The van der Waals surface area contributed by atoms with E-state index in [4.69, 9.17) is 11.6 Å². The molecule has 2 heterocycles. The summed E-state index contributed by atoms with van der Waals surface area (Å²) in [6.07, 6.45) is 3.11. The summed E-state index contributed by atoms with van der Waals surface area (Å²) in [6.45, 7) is 0. The zero-order chi connectivity index (χ0) is 22.2. The number of carbonyl (C=O) groups excluding carboxylic acids is 3. The van der Waals surface area contributed by atoms with Gasteiger partial charge in [-0.25, -0.2) is 0 Å². The zero-order valence-electron chi connectivity index (χ0n) is 17.3. The Balaban J connectivity index is 1.25. The largest absolute Gasteiger partial charge is 0.356 e. The summed E-state index contributed by atoms with van der Waals surface area (Å²) in [5, 5.41) is 10.4. The van der Waals surface area contributed by atoms with Gasteiger partial charge in [-0.05, 0) is 61.6 Å². The van der Waals surface area contributed by atoms with Crippen LogP contribution in [0.3, 0.4) is 0 Å². The average molecular weight is 451 g/mol. The number of hydrogen-bond donors (Lipinski definition) is 4. The molecule has 0 fully saturated rings. The van der Waals surface area contributed by atoms with Gasteiger partial charge in [-0.1, -0.05) is 23.7 Å². The Kier molecular flexibility index (Phi) is 5.35. The Hall–Kier alpha value is -3.32. The van der Waals surface area contributed by atoms with Crippen molar-refractivity contribution in [1.29, 1.82) is 0 Å². The number of aromatic amines is 1. The lowest BCUT2D eigenvalue weighted by molar-refractivity contribution is -0.122. The number of carbonyl (C=O) groups is 3. The maximum Gasteiger partial charge on any atom is 0.254 e. The van der Waals surface area contributed by atoms with Crippen molar-refractivity contribution >= 4 is 45.9 Å². The van der Waals surface area contributed by atoms with E-state index in [0.29, 0.717) is 16.3 Å². The van der Waals surface area contributed by atoms with Crippen molar-refractivity contribution in [2.24, 2.45) is 0 Å². The molecule has 3 aromatic rings. The Bertz CT molecular complexity index is 1240. The topological polar surface area (TPSA) is 103 Å². The molecule has 4 N–H and O–H groups in total. The maximum absolute atomic E-state index is 12.7. The molecule has 0 spiro atoms. The number of halogens is 1. The summed E-state index contributed by atoms with van der Waals surface area (Å²) in [5.41, 5.74) is 4.14. The van der Waals surface area contributed by atoms with Gasteiger partial charge in [0.15, 0.2) is 0 Å². The van der Waals surface area contributed by atoms with Gasteiger partial charge in [-0.15, -0.1) is 0 Å². The predicted octanol–water partition coefficient (Wildman–Crippen LogP) is 3.85. The average Bonchev–Trinajstić information content (AvgIpc) is 3.10. The number of nitrogens with one attached hydrogen (secondary N) is 4. The van der Waals surface area contributed by atoms with Crippen LogP contribution < -0.4 is 16.0 Å². The Morgan fingerprint density at radius 3 is 2.88 bits per heavy atom. The molecular weight excluding hydrogens is 428 g/mol. The highest BCUT2D eigenvalue weighted by molar-refractivity contribution is 6.31. The number of fused-ring (bicyclic) bond motifs is 4. The Labute approximate surface area is 189 Å². The zero-order valence-corrected chi connectivity index (χ0v) is 18.1. The summed E-state index contributed by atoms with van der Waals surface area (Å²) >= 11 is 6.17. The van der Waals surface area contributed by atoms with Gasteiger partial charge in [0.05, 0.1) is 17.3 Å². The lowest BCUT2D eigenvalue weighted by Crippen LogP contribution is -2.42. The molecule has 5 rings (SSSR count). The third-order valence-electron chi connectivity index (χ3n) is 6.22. The molecule has 8 heteroatoms. The molecule has 2 atom stereocenters. The molecule has 0 saturated heterocycles. The first-order valence-electron chi connectivity index (χ1n) is 10.8. The fourth-order valence-corrected chi connectivity index (χ4v) is 4.81. The Morgan fingerprint density at radius 1 is 1.16 bits per heavy atom. The van der Waals surface area contributed by atoms with Crippen molar-refractivity contribution in [3.05, 3.63) is 64.3 Å². The molecule has 0 radical (unpaired) electrons. The van der Waals surface area contributed by atoms with E-state index in [9.17, 15) is 14.4 Å². The smallest absolute Gasteiger partial charge is 0.254 e. The van der Waals surface area contributed by atoms with Gasteiger partial charge in [0.25, 0.3) is 5.91 Å². The molecule has 2 unspecified atom stereocenters. The second-order valence-corrected chi connectivity index (χ2v) is 8.76. The fraction of sp³-hybridized carbons (Fsp3) is 0.292. The molecule has 2 aromatic carbocycles. The van der Waals surface area contributed by atoms with Gasteiger partial charge in [-0.3, -0.25) is 14.4 Å². The second kappa shape index (κ2) is 8.31. The van der Waals surface area contributed by atoms with Crippen molar-refractivity contribution in [2.75, 3.05) is 5.32 Å². The van der Waals surface area contributed by atoms with Crippen molar-refractivity contribution in [1.82, 2.24) is 15.6 Å². The van der Waals surface area contributed by atoms with Crippen molar-refractivity contribution in [3.63, 3.8) is 0 Å². The second-order valence-electron chi connectivity index (χ2n) is 8.32. The summed E-state index contributed by atoms with van der Waals surface area (Å²) in [6, 6.07) is 11.7. The van der Waals surface area contributed by atoms with E-state index < -0.39 is 6.04 Å². The van der Waals surface area contributed by atoms with E-state index in [2.05, 4.69) is 20.9 Å². The molecule has 32 heavy (non-hydrogen) atoms. The van der Waals surface area contributed by atoms with Crippen LogP contribution in [0.5, 0.6) is 0 Å². The highest BCUT2D eigenvalue weighted by Crippen LogP contribution is 2.35. The quantitative estimate of drug-likeness (QED) is 0.485. The van der Waals surface area contributed by atoms with Gasteiger partial charge in [0.1, 0.15) is 6.04 Å². The van der Waals surface area contributed by atoms with Gasteiger partial charge in [0.2, 0.25) is 11.8 Å². The summed E-state index contributed by atoms with van der Waals surface area (Å²) in [4.78, 5) is 41.2. The lowest BCUT2D eigenvalue weighted by Gasteiger charge is -2.24. The van der Waals surface area contributed by atoms with Gasteiger partial charge in [0, 0.05) is 28.0 Å². The summed E-state index contributed by atoms with van der Waals surface area (Å²) < 4.78 is 0. The predicted molar refractivity (Wildman–Crippen MR) is 123 cm³/mol. The number of amides is 3. The first-order chi connectivity index (χ1) is 15.5. The molecule has 0 bridgehead atoms. The van der Waals surface area contributed by atoms with E-state index in [-0.39, 0.29) is 36.6 Å². The van der Waals surface area contributed by atoms with Gasteiger partial charge < -0.3 is 20.9 Å². The van der Waals surface area contributed by atoms with Crippen molar-refractivity contribution in [3.8, 4) is 0 Å². The molecule has 164 valence electrons. The van der Waals surface area contributed by atoms with E-state index in [1.54, 1.807) is 24.3 Å². The van der Waals surface area contributed by atoms with Crippen LogP contribution in [0.2, 0.25) is 5.02 Å². The minimum absolute atomic E-state index is 0.112. The number of H-pyrrole nitrogens is 1. The van der Waals surface area contributed by atoms with Crippen LogP contribution in [0.15, 0.2) is 42.5 Å². The standard InChI is InChI=1S/C24H23ClN4O3/c25-13-8-9-18-16(12-13)14-5-3-7-19(22(14)27-18)26-21(30)11-10-20-24(32)28-17-6-2-1-4-15(17)23(31)29-20/h1-2,4,6,8-9,12,19-20,27H,3,5,7,10-11H2,(H,26,30)(H,28,32)(H,29,31). The summed E-state index contributed by atoms with van der Waals surface area (Å²) in [5.74, 6) is -0.787. The fourth-order valence-electron chi connectivity index (χ4n) is 4.64. The highest BCUT2D eigenvalue weighted by Gasteiger charge is 2.29. The van der Waals surface area contributed by atoms with Crippen LogP contribution in [0, 0.1) is 0 Å². The monoisotopic (exact) mass is 450 g/mol. The van der Waals surface area contributed by atoms with Crippen molar-refractivity contribution < 1.29 is 14.4 Å². The highest BCUT2D eigenvalue weighted by atomic mass is 35.5. The number of hydrogen-bond acceptors (Lipinski definition) is 3. The molecule has 1 aliphatic carbocycles. The number of rotatable bonds is 4. The van der Waals surface area contributed by atoms with Gasteiger partial charge in [-0.2, -0.15) is 0 Å². The molecule has 0 saturated carbocycles. The minimum atomic E-state index is -0.766.